The average molecular weight is 361 g/mol. The van der Waals surface area contributed by atoms with Crippen molar-refractivity contribution in [3.63, 3.8) is 0 Å². The molecule has 0 amide bonds. The lowest BCUT2D eigenvalue weighted by Gasteiger charge is -2.25. The SMILES string of the molecule is CCCCOc1ncccc1CN=C(NCC)N1CCC2(CCOC2)C1. The van der Waals surface area contributed by atoms with Gasteiger partial charge in [-0.05, 0) is 32.3 Å². The van der Waals surface area contributed by atoms with Gasteiger partial charge in [-0.1, -0.05) is 19.4 Å². The first-order valence-electron chi connectivity index (χ1n) is 9.94. The van der Waals surface area contributed by atoms with E-state index in [1.165, 1.54) is 12.8 Å². The van der Waals surface area contributed by atoms with Crippen LogP contribution in [-0.4, -0.2) is 55.3 Å². The Labute approximate surface area is 157 Å². The predicted octanol–water partition coefficient (Wildman–Crippen LogP) is 2.84. The molecule has 2 aliphatic rings. The minimum Gasteiger partial charge on any atom is -0.477 e. The molecule has 0 saturated carbocycles. The number of likely N-dealkylation sites (tertiary alicyclic amines) is 1. The summed E-state index contributed by atoms with van der Waals surface area (Å²) in [4.78, 5) is 11.6. The van der Waals surface area contributed by atoms with Gasteiger partial charge in [0.2, 0.25) is 5.88 Å². The molecule has 1 spiro atoms. The molecular weight excluding hydrogens is 328 g/mol. The van der Waals surface area contributed by atoms with Crippen molar-refractivity contribution in [3.8, 4) is 5.88 Å². The first-order valence-corrected chi connectivity index (χ1v) is 9.94. The van der Waals surface area contributed by atoms with Gasteiger partial charge in [-0.3, -0.25) is 0 Å². The van der Waals surface area contributed by atoms with Crippen LogP contribution in [0.15, 0.2) is 23.3 Å². The van der Waals surface area contributed by atoms with Crippen LogP contribution < -0.4 is 10.1 Å². The third-order valence-corrected chi connectivity index (χ3v) is 5.24. The Hall–Kier alpha value is -1.82. The van der Waals surface area contributed by atoms with Crippen molar-refractivity contribution < 1.29 is 9.47 Å². The van der Waals surface area contributed by atoms with Crippen LogP contribution in [0.1, 0.15) is 45.1 Å². The maximum Gasteiger partial charge on any atom is 0.218 e. The lowest BCUT2D eigenvalue weighted by Crippen LogP contribution is -2.41. The fourth-order valence-corrected chi connectivity index (χ4v) is 3.66. The molecule has 2 aliphatic heterocycles. The summed E-state index contributed by atoms with van der Waals surface area (Å²) in [5, 5.41) is 3.45. The van der Waals surface area contributed by atoms with Crippen molar-refractivity contribution in [1.29, 1.82) is 0 Å². The van der Waals surface area contributed by atoms with Crippen molar-refractivity contribution in [3.05, 3.63) is 23.9 Å². The molecule has 1 N–H and O–H groups in total. The number of rotatable bonds is 7. The molecule has 1 unspecified atom stereocenters. The first-order chi connectivity index (χ1) is 12.8. The molecule has 6 heteroatoms. The van der Waals surface area contributed by atoms with Crippen LogP contribution in [0.3, 0.4) is 0 Å². The topological polar surface area (TPSA) is 59.0 Å². The van der Waals surface area contributed by atoms with Gasteiger partial charge in [0.1, 0.15) is 0 Å². The first kappa shape index (κ1) is 19.0. The highest BCUT2D eigenvalue weighted by molar-refractivity contribution is 5.80. The maximum atomic E-state index is 5.84. The van der Waals surface area contributed by atoms with Crippen LogP contribution in [0, 0.1) is 5.41 Å². The van der Waals surface area contributed by atoms with Crippen molar-refractivity contribution >= 4 is 5.96 Å². The molecule has 2 fully saturated rings. The van der Waals surface area contributed by atoms with Gasteiger partial charge in [0, 0.05) is 43.4 Å². The number of aliphatic imine (C=N–C) groups is 1. The second-order valence-electron chi connectivity index (χ2n) is 7.31. The monoisotopic (exact) mass is 360 g/mol. The number of guanidine groups is 1. The highest BCUT2D eigenvalue weighted by Crippen LogP contribution is 2.38. The molecule has 1 atom stereocenters. The number of unbranched alkanes of at least 4 members (excludes halogenated alkanes) is 1. The van der Waals surface area contributed by atoms with Gasteiger partial charge >= 0.3 is 0 Å². The Balaban J connectivity index is 1.66. The molecule has 0 radical (unpaired) electrons. The number of ether oxygens (including phenoxy) is 2. The maximum absolute atomic E-state index is 5.84. The Bertz CT molecular complexity index is 599. The van der Waals surface area contributed by atoms with E-state index in [4.69, 9.17) is 14.5 Å². The molecule has 144 valence electrons. The normalized spacial score (nSPS) is 23.0. The number of nitrogens with one attached hydrogen (secondary N) is 1. The van der Waals surface area contributed by atoms with E-state index >= 15 is 0 Å². The summed E-state index contributed by atoms with van der Waals surface area (Å²) < 4.78 is 11.5. The van der Waals surface area contributed by atoms with Crippen LogP contribution in [0.2, 0.25) is 0 Å². The van der Waals surface area contributed by atoms with Crippen molar-refractivity contribution in [2.75, 3.05) is 39.5 Å². The fourth-order valence-electron chi connectivity index (χ4n) is 3.66. The van der Waals surface area contributed by atoms with Crippen LogP contribution in [0.4, 0.5) is 0 Å². The van der Waals surface area contributed by atoms with Gasteiger partial charge in [-0.15, -0.1) is 0 Å². The predicted molar refractivity (Wildman–Crippen MR) is 104 cm³/mol. The second-order valence-corrected chi connectivity index (χ2v) is 7.31. The smallest absolute Gasteiger partial charge is 0.218 e. The van der Waals surface area contributed by atoms with E-state index in [0.717, 1.165) is 57.2 Å². The molecule has 0 aliphatic carbocycles. The summed E-state index contributed by atoms with van der Waals surface area (Å²) in [5.74, 6) is 1.70. The minimum absolute atomic E-state index is 0.332. The molecular formula is C20H32N4O2. The van der Waals surface area contributed by atoms with Crippen LogP contribution in [-0.2, 0) is 11.3 Å². The molecule has 3 rings (SSSR count). The van der Waals surface area contributed by atoms with E-state index in [1.807, 2.05) is 6.07 Å². The summed E-state index contributed by atoms with van der Waals surface area (Å²) in [6, 6.07) is 4.00. The summed E-state index contributed by atoms with van der Waals surface area (Å²) in [6.45, 7) is 10.3. The zero-order valence-electron chi connectivity index (χ0n) is 16.2. The molecule has 3 heterocycles. The molecule has 26 heavy (non-hydrogen) atoms. The van der Waals surface area contributed by atoms with E-state index in [-0.39, 0.29) is 0 Å². The zero-order valence-corrected chi connectivity index (χ0v) is 16.2. The summed E-state index contributed by atoms with van der Waals surface area (Å²) >= 11 is 0. The summed E-state index contributed by atoms with van der Waals surface area (Å²) in [5.41, 5.74) is 1.37. The minimum atomic E-state index is 0.332. The number of pyridine rings is 1. The Kier molecular flexibility index (Phi) is 6.72. The largest absolute Gasteiger partial charge is 0.477 e. The van der Waals surface area contributed by atoms with E-state index in [9.17, 15) is 0 Å². The third-order valence-electron chi connectivity index (χ3n) is 5.24. The Morgan fingerprint density at radius 1 is 1.42 bits per heavy atom. The standard InChI is InChI=1S/C20H32N4O2/c1-3-5-12-26-18-17(7-6-10-22-18)14-23-19(21-4-2)24-11-8-20(15-24)9-13-25-16-20/h6-7,10H,3-5,8-9,11-16H2,1-2H3,(H,21,23). The van der Waals surface area contributed by atoms with Gasteiger partial charge in [0.05, 0.1) is 19.8 Å². The van der Waals surface area contributed by atoms with Crippen molar-refractivity contribution in [2.24, 2.45) is 10.4 Å². The van der Waals surface area contributed by atoms with Crippen molar-refractivity contribution in [1.82, 2.24) is 15.2 Å². The second kappa shape index (κ2) is 9.21. The van der Waals surface area contributed by atoms with E-state index in [1.54, 1.807) is 6.20 Å². The Morgan fingerprint density at radius 3 is 3.12 bits per heavy atom. The fraction of sp³-hybridized carbons (Fsp3) is 0.700. The zero-order chi connectivity index (χ0) is 18.2. The van der Waals surface area contributed by atoms with E-state index < -0.39 is 0 Å². The van der Waals surface area contributed by atoms with Gasteiger partial charge in [-0.2, -0.15) is 0 Å². The van der Waals surface area contributed by atoms with Crippen LogP contribution >= 0.6 is 0 Å². The number of aromatic nitrogens is 1. The number of hydrogen-bond donors (Lipinski definition) is 1. The highest BCUT2D eigenvalue weighted by Gasteiger charge is 2.42. The molecule has 6 nitrogen and oxygen atoms in total. The van der Waals surface area contributed by atoms with Crippen molar-refractivity contribution in [2.45, 2.75) is 46.1 Å². The lowest BCUT2D eigenvalue weighted by molar-refractivity contribution is 0.156. The van der Waals surface area contributed by atoms with E-state index in [0.29, 0.717) is 24.4 Å². The third kappa shape index (κ3) is 4.67. The quantitative estimate of drug-likeness (QED) is 0.460. The highest BCUT2D eigenvalue weighted by atomic mass is 16.5. The van der Waals surface area contributed by atoms with Crippen LogP contribution in [0.25, 0.3) is 0 Å². The van der Waals surface area contributed by atoms with Gasteiger partial charge < -0.3 is 19.7 Å². The van der Waals surface area contributed by atoms with Gasteiger partial charge in [0.15, 0.2) is 5.96 Å². The molecule has 1 aromatic rings. The Morgan fingerprint density at radius 2 is 2.35 bits per heavy atom. The van der Waals surface area contributed by atoms with Crippen LogP contribution in [0.5, 0.6) is 5.88 Å². The lowest BCUT2D eigenvalue weighted by atomic mass is 9.87. The number of hydrogen-bond acceptors (Lipinski definition) is 4. The molecule has 2 saturated heterocycles. The molecule has 1 aromatic heterocycles. The summed E-state index contributed by atoms with van der Waals surface area (Å²) in [7, 11) is 0. The average Bonchev–Trinajstić information content (AvgIpc) is 3.30. The molecule has 0 aromatic carbocycles. The van der Waals surface area contributed by atoms with E-state index in [2.05, 4.69) is 35.1 Å². The summed E-state index contributed by atoms with van der Waals surface area (Å²) in [6.07, 6.45) is 6.30. The number of nitrogens with zero attached hydrogens (tertiary/aromatic N) is 3. The van der Waals surface area contributed by atoms with Gasteiger partial charge in [-0.25, -0.2) is 9.98 Å². The van der Waals surface area contributed by atoms with Gasteiger partial charge in [0.25, 0.3) is 0 Å². The molecule has 0 bridgehead atoms.